The predicted octanol–water partition coefficient (Wildman–Crippen LogP) is 5.43. The number of fused-ring (bicyclic) bond motifs is 2. The molecule has 0 bridgehead atoms. The van der Waals surface area contributed by atoms with E-state index in [9.17, 15) is 0 Å². The number of rotatable bonds is 7. The van der Waals surface area contributed by atoms with Crippen molar-refractivity contribution in [3.8, 4) is 5.88 Å². The molecule has 1 aliphatic heterocycles. The lowest BCUT2D eigenvalue weighted by molar-refractivity contribution is 0.237. The highest BCUT2D eigenvalue weighted by Crippen LogP contribution is 2.31. The lowest BCUT2D eigenvalue weighted by Crippen LogP contribution is -2.46. The third kappa shape index (κ3) is 4.27. The van der Waals surface area contributed by atoms with Crippen LogP contribution in [0.1, 0.15) is 12.8 Å². The molecule has 0 spiro atoms. The molecule has 154 valence electrons. The maximum atomic E-state index is 5.87. The lowest BCUT2D eigenvalue weighted by Gasteiger charge is -2.36. The van der Waals surface area contributed by atoms with Crippen LogP contribution in [0.2, 0.25) is 0 Å². The quantitative estimate of drug-likeness (QED) is 0.375. The van der Waals surface area contributed by atoms with Crippen molar-refractivity contribution in [3.63, 3.8) is 0 Å². The van der Waals surface area contributed by atoms with E-state index in [2.05, 4.69) is 56.6 Å². The van der Waals surface area contributed by atoms with E-state index in [4.69, 9.17) is 4.74 Å². The Kier molecular flexibility index (Phi) is 5.82. The number of anilines is 1. The molecule has 0 aliphatic carbocycles. The number of thiophene rings is 1. The van der Waals surface area contributed by atoms with Crippen LogP contribution in [0.25, 0.3) is 21.0 Å². The minimum Gasteiger partial charge on any atom is -0.478 e. The second kappa shape index (κ2) is 9.02. The number of unbranched alkanes of at least 4 members (excludes halogenated alkanes) is 1. The number of nitrogens with zero attached hydrogens (tertiary/aromatic N) is 3. The van der Waals surface area contributed by atoms with E-state index in [-0.39, 0.29) is 0 Å². The molecule has 30 heavy (non-hydrogen) atoms. The molecule has 1 saturated heterocycles. The summed E-state index contributed by atoms with van der Waals surface area (Å²) >= 11 is 1.83. The fourth-order valence-corrected chi connectivity index (χ4v) is 5.02. The molecular formula is C25H27N3OS. The first kappa shape index (κ1) is 19.3. The van der Waals surface area contributed by atoms with Crippen molar-refractivity contribution < 1.29 is 4.74 Å². The van der Waals surface area contributed by atoms with Crippen molar-refractivity contribution in [1.29, 1.82) is 0 Å². The van der Waals surface area contributed by atoms with Gasteiger partial charge in [-0.25, -0.2) is 4.98 Å². The number of hydrogen-bond donors (Lipinski definition) is 0. The van der Waals surface area contributed by atoms with Gasteiger partial charge in [0.25, 0.3) is 0 Å². The highest BCUT2D eigenvalue weighted by Gasteiger charge is 2.18. The normalized spacial score (nSPS) is 15.1. The molecule has 5 heteroatoms. The Morgan fingerprint density at radius 2 is 1.77 bits per heavy atom. The monoisotopic (exact) mass is 417 g/mol. The first-order valence-corrected chi connectivity index (χ1v) is 11.7. The van der Waals surface area contributed by atoms with E-state index in [0.717, 1.165) is 69.0 Å². The van der Waals surface area contributed by atoms with Crippen LogP contribution in [0.5, 0.6) is 5.88 Å². The third-order valence-electron chi connectivity index (χ3n) is 5.88. The summed E-state index contributed by atoms with van der Waals surface area (Å²) in [5.41, 5.74) is 2.38. The van der Waals surface area contributed by atoms with Crippen LogP contribution >= 0.6 is 11.3 Å². The summed E-state index contributed by atoms with van der Waals surface area (Å²) in [5.74, 6) is 0.727. The van der Waals surface area contributed by atoms with Crippen molar-refractivity contribution in [3.05, 3.63) is 66.0 Å². The number of para-hydroxylation sites is 1. The van der Waals surface area contributed by atoms with E-state index >= 15 is 0 Å². The Hall–Kier alpha value is -2.63. The summed E-state index contributed by atoms with van der Waals surface area (Å²) in [4.78, 5) is 9.70. The molecule has 0 saturated carbocycles. The number of piperazine rings is 1. The molecular weight excluding hydrogens is 390 g/mol. The van der Waals surface area contributed by atoms with Gasteiger partial charge in [-0.1, -0.05) is 24.3 Å². The summed E-state index contributed by atoms with van der Waals surface area (Å²) in [6.45, 7) is 6.34. The summed E-state index contributed by atoms with van der Waals surface area (Å²) in [5, 5.41) is 4.74. The molecule has 2 aromatic carbocycles. The highest BCUT2D eigenvalue weighted by atomic mass is 32.1. The molecule has 4 nitrogen and oxygen atoms in total. The van der Waals surface area contributed by atoms with Crippen LogP contribution in [0.4, 0.5) is 5.69 Å². The van der Waals surface area contributed by atoms with Gasteiger partial charge in [-0.3, -0.25) is 4.90 Å². The molecule has 4 aromatic rings. The van der Waals surface area contributed by atoms with Crippen molar-refractivity contribution >= 4 is 38.0 Å². The number of aromatic nitrogens is 1. The van der Waals surface area contributed by atoms with Gasteiger partial charge < -0.3 is 9.64 Å². The first-order chi connectivity index (χ1) is 14.9. The summed E-state index contributed by atoms with van der Waals surface area (Å²) < 4.78 is 7.26. The number of ether oxygens (including phenoxy) is 1. The second-order valence-corrected chi connectivity index (χ2v) is 8.78. The Balaban J connectivity index is 1.05. The molecule has 0 radical (unpaired) electrons. The smallest absolute Gasteiger partial charge is 0.213 e. The Bertz CT molecular complexity index is 1120. The van der Waals surface area contributed by atoms with Crippen LogP contribution in [-0.4, -0.2) is 49.2 Å². The van der Waals surface area contributed by atoms with Gasteiger partial charge in [-0.05, 0) is 55.1 Å². The summed E-state index contributed by atoms with van der Waals surface area (Å²) in [6.07, 6.45) is 2.22. The average Bonchev–Trinajstić information content (AvgIpc) is 3.28. The maximum Gasteiger partial charge on any atom is 0.213 e. The summed E-state index contributed by atoms with van der Waals surface area (Å²) in [6, 6.07) is 21.1. The summed E-state index contributed by atoms with van der Waals surface area (Å²) in [7, 11) is 0. The van der Waals surface area contributed by atoms with Crippen molar-refractivity contribution in [1.82, 2.24) is 9.88 Å². The molecule has 0 atom stereocenters. The van der Waals surface area contributed by atoms with E-state index in [1.54, 1.807) is 0 Å². The minimum atomic E-state index is 0.727. The van der Waals surface area contributed by atoms with Crippen molar-refractivity contribution in [2.45, 2.75) is 12.8 Å². The molecule has 1 fully saturated rings. The first-order valence-electron chi connectivity index (χ1n) is 10.8. The maximum absolute atomic E-state index is 5.87. The zero-order chi connectivity index (χ0) is 20.2. The van der Waals surface area contributed by atoms with Gasteiger partial charge in [-0.15, -0.1) is 11.3 Å². The average molecular weight is 418 g/mol. The number of benzene rings is 2. The molecule has 1 aliphatic rings. The molecule has 5 rings (SSSR count). The van der Waals surface area contributed by atoms with Crippen LogP contribution in [-0.2, 0) is 0 Å². The van der Waals surface area contributed by atoms with Gasteiger partial charge in [0.15, 0.2) is 0 Å². The molecule has 0 amide bonds. The number of pyridine rings is 1. The largest absolute Gasteiger partial charge is 0.478 e. The second-order valence-electron chi connectivity index (χ2n) is 7.84. The van der Waals surface area contributed by atoms with E-state index < -0.39 is 0 Å². The van der Waals surface area contributed by atoms with Gasteiger partial charge in [0.1, 0.15) is 0 Å². The molecule has 0 N–H and O–H groups in total. The van der Waals surface area contributed by atoms with Gasteiger partial charge in [0, 0.05) is 53.4 Å². The highest BCUT2D eigenvalue weighted by molar-refractivity contribution is 7.17. The molecule has 0 unspecified atom stereocenters. The van der Waals surface area contributed by atoms with Gasteiger partial charge >= 0.3 is 0 Å². The topological polar surface area (TPSA) is 28.6 Å². The van der Waals surface area contributed by atoms with E-state index in [1.807, 2.05) is 35.6 Å². The molecule has 3 heterocycles. The predicted molar refractivity (Wildman–Crippen MR) is 127 cm³/mol. The van der Waals surface area contributed by atoms with Crippen LogP contribution in [0, 0.1) is 0 Å². The van der Waals surface area contributed by atoms with Gasteiger partial charge in [-0.2, -0.15) is 0 Å². The molecule has 2 aromatic heterocycles. The third-order valence-corrected chi connectivity index (χ3v) is 6.76. The van der Waals surface area contributed by atoms with E-state index in [1.165, 1.54) is 15.8 Å². The fourth-order valence-electron chi connectivity index (χ4n) is 4.21. The van der Waals surface area contributed by atoms with Crippen LogP contribution < -0.4 is 9.64 Å². The van der Waals surface area contributed by atoms with Crippen LogP contribution in [0.3, 0.4) is 0 Å². The zero-order valence-corrected chi connectivity index (χ0v) is 18.0. The Morgan fingerprint density at radius 3 is 2.70 bits per heavy atom. The zero-order valence-electron chi connectivity index (χ0n) is 17.2. The Morgan fingerprint density at radius 1 is 0.867 bits per heavy atom. The lowest BCUT2D eigenvalue weighted by atomic mass is 10.2. The van der Waals surface area contributed by atoms with Gasteiger partial charge in [0.2, 0.25) is 5.88 Å². The standard InChI is InChI=1S/C25H27N3OS/c1-2-7-22-20(6-1)10-11-25(26-22)29-18-4-3-13-27-14-16-28(17-15-27)23-8-5-9-24-21(23)12-19-30-24/h1-2,5-12,19H,3-4,13-18H2. The minimum absolute atomic E-state index is 0.727. The SMILES string of the molecule is c1ccc2nc(OCCCCN3CCN(c4cccc5sccc45)CC3)ccc2c1. The van der Waals surface area contributed by atoms with Gasteiger partial charge in [0.05, 0.1) is 12.1 Å². The van der Waals surface area contributed by atoms with Crippen LogP contribution in [0.15, 0.2) is 66.0 Å². The number of hydrogen-bond acceptors (Lipinski definition) is 5. The van der Waals surface area contributed by atoms with Crippen molar-refractivity contribution in [2.24, 2.45) is 0 Å². The van der Waals surface area contributed by atoms with Crippen molar-refractivity contribution in [2.75, 3.05) is 44.2 Å². The fraction of sp³-hybridized carbons (Fsp3) is 0.320. The Labute approximate surface area is 181 Å². The van der Waals surface area contributed by atoms with E-state index in [0.29, 0.717) is 0 Å².